The number of halogens is 1. The number of piperazine rings is 1. The summed E-state index contributed by atoms with van der Waals surface area (Å²) in [6.07, 6.45) is 0. The lowest BCUT2D eigenvalue weighted by atomic mass is 10.2. The summed E-state index contributed by atoms with van der Waals surface area (Å²) in [4.78, 5) is 7.14. The van der Waals surface area contributed by atoms with E-state index in [0.29, 0.717) is 32.7 Å². The Balaban J connectivity index is 1.37. The fraction of sp³-hybridized carbons (Fsp3) is 0.286. The molecule has 4 rings (SSSR count). The second-order valence-electron chi connectivity index (χ2n) is 6.98. The summed E-state index contributed by atoms with van der Waals surface area (Å²) in [5, 5.41) is 3.29. The van der Waals surface area contributed by atoms with Gasteiger partial charge >= 0.3 is 0 Å². The van der Waals surface area contributed by atoms with Crippen LogP contribution in [0, 0.1) is 0 Å². The summed E-state index contributed by atoms with van der Waals surface area (Å²) in [6.45, 7) is 2.87. The van der Waals surface area contributed by atoms with Crippen LogP contribution in [0.2, 0.25) is 5.02 Å². The van der Waals surface area contributed by atoms with Crippen LogP contribution in [-0.4, -0.2) is 55.9 Å². The van der Waals surface area contributed by atoms with Crippen LogP contribution in [0.15, 0.2) is 58.8 Å². The van der Waals surface area contributed by atoms with E-state index in [1.807, 2.05) is 24.3 Å². The fourth-order valence-corrected chi connectivity index (χ4v) is 6.13. The summed E-state index contributed by atoms with van der Waals surface area (Å²) in [5.41, 5.74) is 2.05. The summed E-state index contributed by atoms with van der Waals surface area (Å²) < 4.78 is 32.5. The highest BCUT2D eigenvalue weighted by molar-refractivity contribution is 7.89. The fourth-order valence-electron chi connectivity index (χ4n) is 3.40. The van der Waals surface area contributed by atoms with Crippen LogP contribution < -0.4 is 4.74 Å². The summed E-state index contributed by atoms with van der Waals surface area (Å²) >= 11 is 7.71. The number of ether oxygens (including phenoxy) is 1. The quantitative estimate of drug-likeness (QED) is 0.553. The van der Waals surface area contributed by atoms with Crippen molar-refractivity contribution in [2.45, 2.75) is 11.4 Å². The summed E-state index contributed by atoms with van der Waals surface area (Å²) in [6, 6.07) is 14.4. The molecule has 0 unspecified atom stereocenters. The molecular formula is C21H22ClN3O3S2. The maximum absolute atomic E-state index is 12.9. The van der Waals surface area contributed by atoms with E-state index in [-0.39, 0.29) is 9.92 Å². The van der Waals surface area contributed by atoms with Crippen molar-refractivity contribution < 1.29 is 13.2 Å². The SMILES string of the molecule is COc1ccc(-c2nc(CN3CCN(S(=O)(=O)c4ccccc4Cl)CC3)cs2)cc1. The van der Waals surface area contributed by atoms with Crippen LogP contribution in [-0.2, 0) is 16.6 Å². The largest absolute Gasteiger partial charge is 0.497 e. The van der Waals surface area contributed by atoms with Gasteiger partial charge in [0.2, 0.25) is 10.0 Å². The molecule has 30 heavy (non-hydrogen) atoms. The van der Waals surface area contributed by atoms with E-state index in [4.69, 9.17) is 21.3 Å². The van der Waals surface area contributed by atoms with Crippen molar-refractivity contribution in [3.63, 3.8) is 0 Å². The van der Waals surface area contributed by atoms with E-state index in [9.17, 15) is 8.42 Å². The van der Waals surface area contributed by atoms with Crippen molar-refractivity contribution in [2.75, 3.05) is 33.3 Å². The summed E-state index contributed by atoms with van der Waals surface area (Å²) in [5.74, 6) is 0.820. The number of benzene rings is 2. The zero-order chi connectivity index (χ0) is 21.1. The van der Waals surface area contributed by atoms with E-state index in [1.165, 1.54) is 4.31 Å². The molecule has 2 heterocycles. The minimum Gasteiger partial charge on any atom is -0.497 e. The van der Waals surface area contributed by atoms with Gasteiger partial charge < -0.3 is 4.74 Å². The number of hydrogen-bond donors (Lipinski definition) is 0. The third kappa shape index (κ3) is 4.53. The van der Waals surface area contributed by atoms with Gasteiger partial charge in [-0.05, 0) is 36.4 Å². The molecule has 2 aromatic carbocycles. The Labute approximate surface area is 185 Å². The highest BCUT2D eigenvalue weighted by Crippen LogP contribution is 2.27. The highest BCUT2D eigenvalue weighted by Gasteiger charge is 2.30. The lowest BCUT2D eigenvalue weighted by Gasteiger charge is -2.33. The van der Waals surface area contributed by atoms with Gasteiger partial charge in [0.15, 0.2) is 0 Å². The molecule has 0 atom stereocenters. The Hall–Kier alpha value is -1.97. The topological polar surface area (TPSA) is 62.7 Å². The van der Waals surface area contributed by atoms with Crippen LogP contribution in [0.3, 0.4) is 0 Å². The Kier molecular flexibility index (Phi) is 6.40. The maximum Gasteiger partial charge on any atom is 0.244 e. The van der Waals surface area contributed by atoms with Gasteiger partial charge in [0, 0.05) is 43.7 Å². The van der Waals surface area contributed by atoms with Crippen LogP contribution >= 0.6 is 22.9 Å². The second-order valence-corrected chi connectivity index (χ2v) is 10.2. The monoisotopic (exact) mass is 463 g/mol. The van der Waals surface area contributed by atoms with E-state index in [0.717, 1.165) is 22.0 Å². The van der Waals surface area contributed by atoms with Gasteiger partial charge in [-0.2, -0.15) is 4.31 Å². The van der Waals surface area contributed by atoms with Gasteiger partial charge in [-0.1, -0.05) is 23.7 Å². The van der Waals surface area contributed by atoms with Crippen molar-refractivity contribution in [2.24, 2.45) is 0 Å². The van der Waals surface area contributed by atoms with Crippen LogP contribution in [0.1, 0.15) is 5.69 Å². The molecule has 1 fully saturated rings. The highest BCUT2D eigenvalue weighted by atomic mass is 35.5. The number of hydrogen-bond acceptors (Lipinski definition) is 6. The number of aromatic nitrogens is 1. The Bertz CT molecular complexity index is 1110. The smallest absolute Gasteiger partial charge is 0.244 e. The predicted octanol–water partition coefficient (Wildman–Crippen LogP) is 3.98. The second kappa shape index (κ2) is 9.03. The number of sulfonamides is 1. The first-order valence-corrected chi connectivity index (χ1v) is 12.2. The van der Waals surface area contributed by atoms with Crippen molar-refractivity contribution in [1.29, 1.82) is 0 Å². The number of thiazole rings is 1. The molecule has 0 radical (unpaired) electrons. The molecule has 6 nitrogen and oxygen atoms in total. The van der Waals surface area contributed by atoms with Crippen molar-refractivity contribution in [3.05, 3.63) is 64.6 Å². The molecular weight excluding hydrogens is 442 g/mol. The maximum atomic E-state index is 12.9. The van der Waals surface area contributed by atoms with Crippen LogP contribution in [0.5, 0.6) is 5.75 Å². The molecule has 0 bridgehead atoms. The molecule has 0 N–H and O–H groups in total. The first kappa shape index (κ1) is 21.3. The Morgan fingerprint density at radius 1 is 1.07 bits per heavy atom. The normalized spacial score (nSPS) is 15.9. The van der Waals surface area contributed by atoms with E-state index in [1.54, 1.807) is 42.7 Å². The standard InChI is InChI=1S/C21H22ClN3O3S2/c1-28-18-8-6-16(7-9-18)21-23-17(15-29-21)14-24-10-12-25(13-11-24)30(26,27)20-5-3-2-4-19(20)22/h2-9,15H,10-14H2,1H3. The molecule has 1 aliphatic rings. The summed E-state index contributed by atoms with van der Waals surface area (Å²) in [7, 11) is -1.93. The van der Waals surface area contributed by atoms with Gasteiger partial charge in [0.05, 0.1) is 17.8 Å². The third-order valence-corrected chi connectivity index (χ3v) is 8.40. The minimum absolute atomic E-state index is 0.170. The lowest BCUT2D eigenvalue weighted by Crippen LogP contribution is -2.48. The first-order chi connectivity index (χ1) is 14.5. The van der Waals surface area contributed by atoms with Gasteiger partial charge in [-0.15, -0.1) is 11.3 Å². The molecule has 3 aromatic rings. The molecule has 1 aliphatic heterocycles. The van der Waals surface area contributed by atoms with Crippen molar-refractivity contribution in [3.8, 4) is 16.3 Å². The minimum atomic E-state index is -3.58. The molecule has 1 saturated heterocycles. The molecule has 0 aliphatic carbocycles. The molecule has 0 amide bonds. The molecule has 1 aromatic heterocycles. The van der Waals surface area contributed by atoms with E-state index >= 15 is 0 Å². The van der Waals surface area contributed by atoms with Crippen molar-refractivity contribution >= 4 is 33.0 Å². The lowest BCUT2D eigenvalue weighted by molar-refractivity contribution is 0.180. The number of methoxy groups -OCH3 is 1. The van der Waals surface area contributed by atoms with Crippen LogP contribution in [0.25, 0.3) is 10.6 Å². The zero-order valence-electron chi connectivity index (χ0n) is 16.5. The van der Waals surface area contributed by atoms with Gasteiger partial charge in [-0.3, -0.25) is 4.90 Å². The number of nitrogens with zero attached hydrogens (tertiary/aromatic N) is 3. The number of rotatable bonds is 6. The zero-order valence-corrected chi connectivity index (χ0v) is 18.9. The van der Waals surface area contributed by atoms with Crippen LogP contribution in [0.4, 0.5) is 0 Å². The van der Waals surface area contributed by atoms with E-state index < -0.39 is 10.0 Å². The molecule has 158 valence electrons. The Morgan fingerprint density at radius 3 is 2.43 bits per heavy atom. The van der Waals surface area contributed by atoms with Gasteiger partial charge in [-0.25, -0.2) is 13.4 Å². The third-order valence-electron chi connectivity index (χ3n) is 5.06. The van der Waals surface area contributed by atoms with Gasteiger partial charge in [0.25, 0.3) is 0 Å². The average Bonchev–Trinajstić information content (AvgIpc) is 3.23. The first-order valence-electron chi connectivity index (χ1n) is 9.53. The molecule has 0 spiro atoms. The van der Waals surface area contributed by atoms with Crippen molar-refractivity contribution in [1.82, 2.24) is 14.2 Å². The van der Waals surface area contributed by atoms with E-state index in [2.05, 4.69) is 10.3 Å². The average molecular weight is 464 g/mol. The molecule has 9 heteroatoms. The predicted molar refractivity (Wildman–Crippen MR) is 120 cm³/mol. The Morgan fingerprint density at radius 2 is 1.77 bits per heavy atom. The molecule has 0 saturated carbocycles. The van der Waals surface area contributed by atoms with Gasteiger partial charge in [0.1, 0.15) is 15.7 Å².